The third-order valence-corrected chi connectivity index (χ3v) is 0.518. The molecule has 0 aliphatic carbocycles. The van der Waals surface area contributed by atoms with Crippen LogP contribution < -0.4 is 0 Å². The zero-order valence-corrected chi connectivity index (χ0v) is 4.73. The Morgan fingerprint density at radius 1 is 1.60 bits per heavy atom. The van der Waals surface area contributed by atoms with Crippen molar-refractivity contribution in [2.24, 2.45) is 0 Å². The SMILES string of the molecule is C#CCOC(=O)C(F)(F)F. The van der Waals surface area contributed by atoms with Crippen molar-refractivity contribution in [1.29, 1.82) is 0 Å². The second-order valence-electron chi connectivity index (χ2n) is 1.28. The van der Waals surface area contributed by atoms with Gasteiger partial charge in [-0.25, -0.2) is 4.79 Å². The van der Waals surface area contributed by atoms with Crippen molar-refractivity contribution in [2.75, 3.05) is 6.61 Å². The van der Waals surface area contributed by atoms with E-state index >= 15 is 0 Å². The highest BCUT2D eigenvalue weighted by atomic mass is 19.4. The summed E-state index contributed by atoms with van der Waals surface area (Å²) in [4.78, 5) is 9.78. The fourth-order valence-corrected chi connectivity index (χ4v) is 0.189. The van der Waals surface area contributed by atoms with E-state index in [1.54, 1.807) is 5.92 Å². The summed E-state index contributed by atoms with van der Waals surface area (Å²) >= 11 is 0. The number of halogens is 3. The second kappa shape index (κ2) is 3.11. The van der Waals surface area contributed by atoms with Crippen LogP contribution in [0.5, 0.6) is 0 Å². The topological polar surface area (TPSA) is 26.3 Å². The van der Waals surface area contributed by atoms with Crippen LogP contribution in [0.1, 0.15) is 0 Å². The second-order valence-corrected chi connectivity index (χ2v) is 1.28. The number of hydrogen-bond acceptors (Lipinski definition) is 2. The van der Waals surface area contributed by atoms with E-state index in [9.17, 15) is 18.0 Å². The maximum atomic E-state index is 11.2. The van der Waals surface area contributed by atoms with Crippen molar-refractivity contribution in [3.8, 4) is 12.3 Å². The zero-order valence-electron chi connectivity index (χ0n) is 4.73. The van der Waals surface area contributed by atoms with Gasteiger partial charge in [0, 0.05) is 0 Å². The molecule has 0 aromatic carbocycles. The van der Waals surface area contributed by atoms with E-state index in [1.165, 1.54) is 0 Å². The molecule has 0 N–H and O–H groups in total. The van der Waals surface area contributed by atoms with E-state index in [1.807, 2.05) is 0 Å². The van der Waals surface area contributed by atoms with Crippen LogP contribution in [0.25, 0.3) is 0 Å². The highest BCUT2D eigenvalue weighted by Crippen LogP contribution is 2.15. The first-order valence-corrected chi connectivity index (χ1v) is 2.16. The molecule has 0 saturated heterocycles. The van der Waals surface area contributed by atoms with Gasteiger partial charge in [0.15, 0.2) is 6.61 Å². The highest BCUT2D eigenvalue weighted by Gasteiger charge is 2.40. The molecule has 56 valence electrons. The van der Waals surface area contributed by atoms with Crippen molar-refractivity contribution < 1.29 is 22.7 Å². The Kier molecular flexibility index (Phi) is 2.74. The molecule has 0 unspecified atom stereocenters. The molecule has 0 aliphatic heterocycles. The van der Waals surface area contributed by atoms with Gasteiger partial charge in [-0.1, -0.05) is 5.92 Å². The summed E-state index contributed by atoms with van der Waals surface area (Å²) < 4.78 is 37.2. The van der Waals surface area contributed by atoms with Gasteiger partial charge in [0.1, 0.15) is 0 Å². The molecule has 0 radical (unpaired) electrons. The molecule has 0 heterocycles. The molecule has 0 bridgehead atoms. The minimum Gasteiger partial charge on any atom is -0.446 e. The van der Waals surface area contributed by atoms with Gasteiger partial charge >= 0.3 is 12.1 Å². The number of carbonyl (C=O) groups excluding carboxylic acids is 1. The summed E-state index contributed by atoms with van der Waals surface area (Å²) in [6.07, 6.45) is -0.422. The molecule has 0 fully saturated rings. The van der Waals surface area contributed by atoms with Crippen LogP contribution in [-0.2, 0) is 9.53 Å². The van der Waals surface area contributed by atoms with E-state index in [0.29, 0.717) is 0 Å². The molecule has 0 aromatic heterocycles. The number of terminal acetylenes is 1. The smallest absolute Gasteiger partial charge is 0.446 e. The summed E-state index contributed by atoms with van der Waals surface area (Å²) in [6.45, 7) is -0.654. The third kappa shape index (κ3) is 2.97. The Morgan fingerprint density at radius 3 is 2.40 bits per heavy atom. The highest BCUT2D eigenvalue weighted by molar-refractivity contribution is 5.75. The quantitative estimate of drug-likeness (QED) is 0.409. The summed E-state index contributed by atoms with van der Waals surface area (Å²) in [5, 5.41) is 0. The number of alkyl halides is 3. The Morgan fingerprint density at radius 2 is 2.10 bits per heavy atom. The van der Waals surface area contributed by atoms with Gasteiger partial charge in [-0.15, -0.1) is 6.42 Å². The molecule has 10 heavy (non-hydrogen) atoms. The monoisotopic (exact) mass is 152 g/mol. The molecular formula is C5H3F3O2. The molecule has 0 aromatic rings. The molecule has 2 nitrogen and oxygen atoms in total. The van der Waals surface area contributed by atoms with Gasteiger partial charge in [-0.05, 0) is 0 Å². The van der Waals surface area contributed by atoms with Crippen LogP contribution in [0.4, 0.5) is 13.2 Å². The molecule has 5 heteroatoms. The van der Waals surface area contributed by atoms with Crippen LogP contribution in [0.3, 0.4) is 0 Å². The average Bonchev–Trinajstić information content (AvgIpc) is 1.80. The normalized spacial score (nSPS) is 10.2. The first kappa shape index (κ1) is 8.82. The average molecular weight is 152 g/mol. The maximum Gasteiger partial charge on any atom is 0.490 e. The van der Waals surface area contributed by atoms with Gasteiger partial charge < -0.3 is 4.74 Å². The zero-order chi connectivity index (χ0) is 8.20. The lowest BCUT2D eigenvalue weighted by molar-refractivity contribution is -0.198. The minimum atomic E-state index is -4.95. The first-order valence-electron chi connectivity index (χ1n) is 2.16. The summed E-state index contributed by atoms with van der Waals surface area (Å²) in [7, 11) is 0. The van der Waals surface area contributed by atoms with Gasteiger partial charge in [0.2, 0.25) is 0 Å². The van der Waals surface area contributed by atoms with E-state index in [4.69, 9.17) is 0 Å². The van der Waals surface area contributed by atoms with E-state index < -0.39 is 18.8 Å². The molecule has 0 aliphatic rings. The van der Waals surface area contributed by atoms with Crippen molar-refractivity contribution in [2.45, 2.75) is 6.18 Å². The lowest BCUT2D eigenvalue weighted by Crippen LogP contribution is -2.25. The van der Waals surface area contributed by atoms with Crippen molar-refractivity contribution in [3.63, 3.8) is 0 Å². The lowest BCUT2D eigenvalue weighted by atomic mass is 10.6. The van der Waals surface area contributed by atoms with Crippen LogP contribution in [0.15, 0.2) is 0 Å². The van der Waals surface area contributed by atoms with Gasteiger partial charge in [0.05, 0.1) is 0 Å². The van der Waals surface area contributed by atoms with E-state index in [-0.39, 0.29) is 0 Å². The Labute approximate surface area is 55.0 Å². The largest absolute Gasteiger partial charge is 0.490 e. The van der Waals surface area contributed by atoms with Crippen LogP contribution in [-0.4, -0.2) is 18.8 Å². The Bertz CT molecular complexity index is 165. The predicted molar refractivity (Wildman–Crippen MR) is 25.8 cm³/mol. The van der Waals surface area contributed by atoms with Gasteiger partial charge in [-0.2, -0.15) is 13.2 Å². The Hall–Kier alpha value is -1.18. The molecule has 0 spiro atoms. The number of hydrogen-bond donors (Lipinski definition) is 0. The minimum absolute atomic E-state index is 0.654. The summed E-state index contributed by atoms with van der Waals surface area (Å²) in [5.74, 6) is -0.531. The molecular weight excluding hydrogens is 149 g/mol. The van der Waals surface area contributed by atoms with Crippen LogP contribution in [0, 0.1) is 12.3 Å². The molecule has 0 atom stereocenters. The number of ether oxygens (including phenoxy) is 1. The molecule has 0 saturated carbocycles. The van der Waals surface area contributed by atoms with Gasteiger partial charge in [0.25, 0.3) is 0 Å². The maximum absolute atomic E-state index is 11.2. The fourth-order valence-electron chi connectivity index (χ4n) is 0.189. The summed E-state index contributed by atoms with van der Waals surface area (Å²) in [6, 6.07) is 0. The van der Waals surface area contributed by atoms with Crippen molar-refractivity contribution >= 4 is 5.97 Å². The van der Waals surface area contributed by atoms with Crippen LogP contribution >= 0.6 is 0 Å². The van der Waals surface area contributed by atoms with E-state index in [0.717, 1.165) is 0 Å². The Balaban J connectivity index is 3.78. The van der Waals surface area contributed by atoms with Gasteiger partial charge in [-0.3, -0.25) is 0 Å². The van der Waals surface area contributed by atoms with Crippen LogP contribution in [0.2, 0.25) is 0 Å². The summed E-state index contributed by atoms with van der Waals surface area (Å²) in [5.41, 5.74) is 0. The predicted octanol–water partition coefficient (Wildman–Crippen LogP) is 0.725. The fraction of sp³-hybridized carbons (Fsp3) is 0.400. The number of carbonyl (C=O) groups is 1. The third-order valence-electron chi connectivity index (χ3n) is 0.518. The molecule has 0 rings (SSSR count). The van der Waals surface area contributed by atoms with Crippen molar-refractivity contribution in [1.82, 2.24) is 0 Å². The standard InChI is InChI=1S/C5H3F3O2/c1-2-3-10-4(9)5(6,7)8/h1H,3H2. The lowest BCUT2D eigenvalue weighted by Gasteiger charge is -2.02. The first-order chi connectivity index (χ1) is 4.48. The van der Waals surface area contributed by atoms with Crippen molar-refractivity contribution in [3.05, 3.63) is 0 Å². The number of esters is 1. The number of rotatable bonds is 1. The van der Waals surface area contributed by atoms with E-state index in [2.05, 4.69) is 11.2 Å². The molecule has 0 amide bonds.